The van der Waals surface area contributed by atoms with Crippen molar-refractivity contribution in [2.24, 2.45) is 0 Å². The van der Waals surface area contributed by atoms with E-state index < -0.39 is 36.3 Å². The zero-order valence-corrected chi connectivity index (χ0v) is 10.4. The van der Waals surface area contributed by atoms with Crippen LogP contribution in [-0.4, -0.2) is 44.2 Å². The highest BCUT2D eigenvalue weighted by molar-refractivity contribution is 7.71. The Kier molecular flexibility index (Phi) is 3.37. The Hall–Kier alpha value is -1.09. The lowest BCUT2D eigenvalue weighted by molar-refractivity contribution is -0.0601. The van der Waals surface area contributed by atoms with Crippen molar-refractivity contribution in [2.45, 2.75) is 31.0 Å². The second kappa shape index (κ2) is 4.54. The summed E-state index contributed by atoms with van der Waals surface area (Å²) in [6, 6.07) is 1.17. The largest absolute Gasteiger partial charge is 0.394 e. The number of aliphatic hydroxyl groups is 2. The van der Waals surface area contributed by atoms with Crippen LogP contribution in [0.2, 0.25) is 0 Å². The Morgan fingerprint density at radius 1 is 1.72 bits per heavy atom. The third kappa shape index (κ3) is 2.01. The molecule has 1 aromatic rings. The smallest absolute Gasteiger partial charge is 0.251 e. The Labute approximate surface area is 107 Å². The number of nitrogens with one attached hydrogen (secondary N) is 1. The fourth-order valence-electron chi connectivity index (χ4n) is 1.97. The van der Waals surface area contributed by atoms with Gasteiger partial charge in [-0.15, -0.1) is 0 Å². The summed E-state index contributed by atoms with van der Waals surface area (Å²) in [5.74, 6) is 0. The second-order valence-electron chi connectivity index (χ2n) is 4.32. The summed E-state index contributed by atoms with van der Waals surface area (Å²) >= 11 is 4.91. The van der Waals surface area contributed by atoms with E-state index in [9.17, 15) is 14.3 Å². The van der Waals surface area contributed by atoms with Gasteiger partial charge in [-0.2, -0.15) is 0 Å². The average Bonchev–Trinajstić information content (AvgIpc) is 2.52. The van der Waals surface area contributed by atoms with Crippen molar-refractivity contribution in [3.63, 3.8) is 0 Å². The van der Waals surface area contributed by atoms with Crippen LogP contribution in [0.1, 0.15) is 13.2 Å². The predicted molar refractivity (Wildman–Crippen MR) is 62.4 cm³/mol. The van der Waals surface area contributed by atoms with Gasteiger partial charge in [0, 0.05) is 12.3 Å². The summed E-state index contributed by atoms with van der Waals surface area (Å²) < 4.78 is 20.9. The van der Waals surface area contributed by atoms with E-state index in [-0.39, 0.29) is 4.77 Å². The molecular formula is C10H13FN2O4S. The molecule has 6 nitrogen and oxygen atoms in total. The summed E-state index contributed by atoms with van der Waals surface area (Å²) in [6.07, 6.45) is -2.41. The van der Waals surface area contributed by atoms with E-state index in [4.69, 9.17) is 22.1 Å². The van der Waals surface area contributed by atoms with Crippen LogP contribution in [0.25, 0.3) is 0 Å². The normalized spacial score (nSPS) is 35.9. The van der Waals surface area contributed by atoms with E-state index in [1.807, 2.05) is 0 Å². The molecule has 0 aliphatic carbocycles. The van der Waals surface area contributed by atoms with Gasteiger partial charge in [0.1, 0.15) is 12.2 Å². The summed E-state index contributed by atoms with van der Waals surface area (Å²) in [7, 11) is 0. The molecule has 4 unspecified atom stereocenters. The van der Waals surface area contributed by atoms with Crippen LogP contribution >= 0.6 is 12.2 Å². The van der Waals surface area contributed by atoms with E-state index in [0.29, 0.717) is 0 Å². The van der Waals surface area contributed by atoms with Crippen molar-refractivity contribution in [3.05, 3.63) is 27.4 Å². The third-order valence-electron chi connectivity index (χ3n) is 3.00. The monoisotopic (exact) mass is 276 g/mol. The fraction of sp³-hybridized carbons (Fsp3) is 0.600. The van der Waals surface area contributed by atoms with Crippen molar-refractivity contribution >= 4 is 12.2 Å². The number of aromatic nitrogens is 2. The molecule has 1 aliphatic heterocycles. The molecule has 0 saturated carbocycles. The lowest BCUT2D eigenvalue weighted by Gasteiger charge is -2.25. The molecular weight excluding hydrogens is 263 g/mol. The van der Waals surface area contributed by atoms with Crippen LogP contribution in [0.3, 0.4) is 0 Å². The first kappa shape index (κ1) is 13.3. The molecule has 8 heteroatoms. The summed E-state index contributed by atoms with van der Waals surface area (Å²) in [4.78, 5) is 13.4. The first-order valence-corrected chi connectivity index (χ1v) is 5.73. The fourth-order valence-corrected chi connectivity index (χ4v) is 2.23. The van der Waals surface area contributed by atoms with Crippen LogP contribution in [0.15, 0.2) is 17.1 Å². The number of aliphatic hydroxyl groups excluding tert-OH is 2. The van der Waals surface area contributed by atoms with Gasteiger partial charge in [0.25, 0.3) is 5.56 Å². The van der Waals surface area contributed by atoms with Crippen molar-refractivity contribution in [1.82, 2.24) is 9.55 Å². The van der Waals surface area contributed by atoms with Crippen molar-refractivity contribution in [1.29, 1.82) is 0 Å². The molecule has 2 rings (SSSR count). The first-order valence-electron chi connectivity index (χ1n) is 5.32. The van der Waals surface area contributed by atoms with Crippen LogP contribution in [0.5, 0.6) is 0 Å². The highest BCUT2D eigenvalue weighted by atomic mass is 32.1. The van der Waals surface area contributed by atoms with Gasteiger partial charge in [0.05, 0.1) is 6.61 Å². The lowest BCUT2D eigenvalue weighted by Crippen LogP contribution is -2.40. The lowest BCUT2D eigenvalue weighted by atomic mass is 9.99. The van der Waals surface area contributed by atoms with E-state index in [2.05, 4.69) is 4.98 Å². The minimum Gasteiger partial charge on any atom is -0.394 e. The summed E-state index contributed by atoms with van der Waals surface area (Å²) in [5, 5.41) is 18.7. The SMILES string of the molecule is CC1(F)C(O)C(CO)OC1n1ccc(=O)[nH]c1=S. The minimum absolute atomic E-state index is 0.0119. The van der Waals surface area contributed by atoms with Gasteiger partial charge in [0.2, 0.25) is 0 Å². The van der Waals surface area contributed by atoms with E-state index in [1.165, 1.54) is 16.8 Å². The number of alkyl halides is 1. The molecule has 0 radical (unpaired) electrons. The zero-order valence-electron chi connectivity index (χ0n) is 9.54. The molecule has 1 saturated heterocycles. The second-order valence-corrected chi connectivity index (χ2v) is 4.71. The predicted octanol–water partition coefficient (Wildman–Crippen LogP) is -0.115. The van der Waals surface area contributed by atoms with Crippen LogP contribution in [0.4, 0.5) is 4.39 Å². The molecule has 1 aliphatic rings. The number of nitrogens with zero attached hydrogens (tertiary/aromatic N) is 1. The Bertz CT molecular complexity index is 555. The quantitative estimate of drug-likeness (QED) is 0.656. The first-order chi connectivity index (χ1) is 8.37. The highest BCUT2D eigenvalue weighted by Gasteiger charge is 2.54. The molecule has 0 bridgehead atoms. The number of hydrogen-bond acceptors (Lipinski definition) is 5. The maximum absolute atomic E-state index is 14.4. The van der Waals surface area contributed by atoms with Crippen LogP contribution in [0, 0.1) is 4.77 Å². The molecule has 0 spiro atoms. The van der Waals surface area contributed by atoms with Crippen molar-refractivity contribution in [2.75, 3.05) is 6.61 Å². The molecule has 1 fully saturated rings. The molecule has 2 heterocycles. The molecule has 3 N–H and O–H groups in total. The van der Waals surface area contributed by atoms with Crippen LogP contribution < -0.4 is 5.56 Å². The van der Waals surface area contributed by atoms with Gasteiger partial charge in [-0.3, -0.25) is 14.3 Å². The standard InChI is InChI=1S/C10H13FN2O4S/c1-10(11)7(16)5(4-14)17-8(10)13-3-2-6(15)12-9(13)18/h2-3,5,7-8,14,16H,4H2,1H3,(H,12,15,18). The molecule has 0 amide bonds. The molecule has 1 aromatic heterocycles. The number of rotatable bonds is 2. The van der Waals surface area contributed by atoms with E-state index >= 15 is 0 Å². The van der Waals surface area contributed by atoms with Crippen molar-refractivity contribution < 1.29 is 19.3 Å². The van der Waals surface area contributed by atoms with Gasteiger partial charge in [-0.25, -0.2) is 4.39 Å². The molecule has 0 aromatic carbocycles. The maximum atomic E-state index is 14.4. The summed E-state index contributed by atoms with van der Waals surface area (Å²) in [5.41, 5.74) is -2.53. The van der Waals surface area contributed by atoms with Gasteiger partial charge in [0.15, 0.2) is 16.7 Å². The van der Waals surface area contributed by atoms with Gasteiger partial charge in [-0.1, -0.05) is 0 Å². The Balaban J connectivity index is 2.45. The number of H-pyrrole nitrogens is 1. The minimum atomic E-state index is -2.12. The average molecular weight is 276 g/mol. The highest BCUT2D eigenvalue weighted by Crippen LogP contribution is 2.40. The Morgan fingerprint density at radius 3 is 2.89 bits per heavy atom. The Morgan fingerprint density at radius 2 is 2.39 bits per heavy atom. The molecule has 100 valence electrons. The topological polar surface area (TPSA) is 87.5 Å². The summed E-state index contributed by atoms with van der Waals surface area (Å²) in [6.45, 7) is 0.652. The van der Waals surface area contributed by atoms with Crippen molar-refractivity contribution in [3.8, 4) is 0 Å². The number of halogens is 1. The van der Waals surface area contributed by atoms with E-state index in [0.717, 1.165) is 6.92 Å². The zero-order chi connectivity index (χ0) is 13.5. The third-order valence-corrected chi connectivity index (χ3v) is 3.31. The van der Waals surface area contributed by atoms with E-state index in [1.54, 1.807) is 0 Å². The van der Waals surface area contributed by atoms with Gasteiger partial charge < -0.3 is 14.9 Å². The van der Waals surface area contributed by atoms with Crippen LogP contribution in [-0.2, 0) is 4.74 Å². The number of hydrogen-bond donors (Lipinski definition) is 3. The maximum Gasteiger partial charge on any atom is 0.251 e. The molecule has 18 heavy (non-hydrogen) atoms. The van der Waals surface area contributed by atoms with Gasteiger partial charge >= 0.3 is 0 Å². The van der Waals surface area contributed by atoms with Gasteiger partial charge in [-0.05, 0) is 19.1 Å². The number of aromatic amines is 1. The number of ether oxygens (including phenoxy) is 1. The molecule has 4 atom stereocenters.